The largest absolute Gasteiger partial charge is 0.481 e. The highest BCUT2D eigenvalue weighted by Crippen LogP contribution is 2.26. The summed E-state index contributed by atoms with van der Waals surface area (Å²) in [6.45, 7) is 0.392. The Labute approximate surface area is 198 Å². The molecule has 8 nitrogen and oxygen atoms in total. The minimum Gasteiger partial charge on any atom is -0.481 e. The maximum atomic E-state index is 5.94. The maximum Gasteiger partial charge on any atom is 0.233 e. The van der Waals surface area contributed by atoms with E-state index in [-0.39, 0.29) is 0 Å². The van der Waals surface area contributed by atoms with Crippen LogP contribution in [0.25, 0.3) is 11.3 Å². The number of nitrogens with zero attached hydrogens (tertiary/aromatic N) is 4. The highest BCUT2D eigenvalue weighted by Gasteiger charge is 2.10. The van der Waals surface area contributed by atoms with E-state index >= 15 is 0 Å². The van der Waals surface area contributed by atoms with Gasteiger partial charge in [-0.3, -0.25) is 0 Å². The van der Waals surface area contributed by atoms with Crippen LogP contribution in [-0.2, 0) is 6.54 Å². The van der Waals surface area contributed by atoms with Crippen LogP contribution < -0.4 is 15.4 Å². The van der Waals surface area contributed by atoms with Crippen molar-refractivity contribution in [3.63, 3.8) is 0 Å². The standard InChI is InChI=1S/C21H17ClN6O2S2/c1-29-17-11-18(32-21-23-9-2-10-24-21)27-19(26-17)28-20(31)25-12-15-7-8-16(30-15)13-3-5-14(22)6-4-13/h2-11H,12H2,1H3,(H2,25,26,27,28,31). The van der Waals surface area contributed by atoms with Gasteiger partial charge in [-0.2, -0.15) is 4.98 Å². The summed E-state index contributed by atoms with van der Waals surface area (Å²) in [6, 6.07) is 14.7. The summed E-state index contributed by atoms with van der Waals surface area (Å²) >= 11 is 12.6. The zero-order valence-electron chi connectivity index (χ0n) is 16.8. The minimum atomic E-state index is 0.293. The van der Waals surface area contributed by atoms with Gasteiger partial charge in [0.2, 0.25) is 11.8 Å². The first kappa shape index (κ1) is 22.0. The maximum absolute atomic E-state index is 5.94. The molecule has 0 spiro atoms. The van der Waals surface area contributed by atoms with Gasteiger partial charge in [-0.05, 0) is 66.4 Å². The molecule has 0 aliphatic carbocycles. The Kier molecular flexibility index (Phi) is 7.15. The van der Waals surface area contributed by atoms with Crippen molar-refractivity contribution in [2.24, 2.45) is 0 Å². The molecule has 0 aliphatic rings. The topological polar surface area (TPSA) is 98.0 Å². The van der Waals surface area contributed by atoms with Crippen molar-refractivity contribution in [2.45, 2.75) is 16.7 Å². The average Bonchev–Trinajstić information content (AvgIpc) is 3.28. The van der Waals surface area contributed by atoms with Crippen LogP contribution in [0.1, 0.15) is 5.76 Å². The molecule has 0 aliphatic heterocycles. The fourth-order valence-electron chi connectivity index (χ4n) is 2.60. The van der Waals surface area contributed by atoms with Crippen molar-refractivity contribution in [1.82, 2.24) is 25.3 Å². The second-order valence-corrected chi connectivity index (χ2v) is 8.12. The van der Waals surface area contributed by atoms with Crippen LogP contribution in [-0.4, -0.2) is 32.2 Å². The molecule has 0 saturated heterocycles. The SMILES string of the molecule is COc1cc(Sc2ncccn2)nc(NC(=S)NCc2ccc(-c3ccc(Cl)cc3)o2)n1. The summed E-state index contributed by atoms with van der Waals surface area (Å²) in [7, 11) is 1.53. The van der Waals surface area contributed by atoms with Gasteiger partial charge < -0.3 is 19.8 Å². The third-order valence-electron chi connectivity index (χ3n) is 4.07. The molecular formula is C21H17ClN6O2S2. The van der Waals surface area contributed by atoms with E-state index in [1.165, 1.54) is 18.9 Å². The van der Waals surface area contributed by atoms with Crippen LogP contribution in [0.15, 0.2) is 75.5 Å². The number of anilines is 1. The van der Waals surface area contributed by atoms with E-state index in [1.807, 2.05) is 36.4 Å². The number of benzene rings is 1. The minimum absolute atomic E-state index is 0.293. The van der Waals surface area contributed by atoms with Crippen molar-refractivity contribution in [2.75, 3.05) is 12.4 Å². The number of hydrogen-bond acceptors (Lipinski definition) is 8. The van der Waals surface area contributed by atoms with E-state index in [1.54, 1.807) is 24.5 Å². The Morgan fingerprint density at radius 3 is 2.66 bits per heavy atom. The Bertz CT molecular complexity index is 1200. The first-order valence-electron chi connectivity index (χ1n) is 9.36. The Hall–Kier alpha value is -3.21. The number of halogens is 1. The summed E-state index contributed by atoms with van der Waals surface area (Å²) in [5.41, 5.74) is 0.943. The molecule has 3 heterocycles. The zero-order valence-corrected chi connectivity index (χ0v) is 19.2. The molecule has 11 heteroatoms. The van der Waals surface area contributed by atoms with Crippen molar-refractivity contribution >= 4 is 46.6 Å². The number of ether oxygens (including phenoxy) is 1. The molecule has 0 amide bonds. The van der Waals surface area contributed by atoms with E-state index in [0.717, 1.165) is 17.1 Å². The lowest BCUT2D eigenvalue weighted by Crippen LogP contribution is -2.28. The highest BCUT2D eigenvalue weighted by molar-refractivity contribution is 7.99. The first-order chi connectivity index (χ1) is 15.6. The van der Waals surface area contributed by atoms with Crippen LogP contribution in [0.5, 0.6) is 5.88 Å². The van der Waals surface area contributed by atoms with Crippen LogP contribution in [0.2, 0.25) is 5.02 Å². The molecular weight excluding hydrogens is 468 g/mol. The molecule has 1 aromatic carbocycles. The summed E-state index contributed by atoms with van der Waals surface area (Å²) < 4.78 is 11.1. The van der Waals surface area contributed by atoms with Gasteiger partial charge in [0.1, 0.15) is 16.5 Å². The van der Waals surface area contributed by atoms with Crippen molar-refractivity contribution in [1.29, 1.82) is 0 Å². The molecule has 32 heavy (non-hydrogen) atoms. The monoisotopic (exact) mass is 484 g/mol. The number of thiocarbonyl (C=S) groups is 1. The van der Waals surface area contributed by atoms with Crippen molar-refractivity contribution in [3.8, 4) is 17.2 Å². The number of methoxy groups -OCH3 is 1. The van der Waals surface area contributed by atoms with Gasteiger partial charge in [-0.1, -0.05) is 11.6 Å². The van der Waals surface area contributed by atoms with Crippen LogP contribution in [0.3, 0.4) is 0 Å². The molecule has 2 N–H and O–H groups in total. The number of rotatable bonds is 7. The highest BCUT2D eigenvalue weighted by atomic mass is 35.5. The van der Waals surface area contributed by atoms with Crippen LogP contribution in [0.4, 0.5) is 5.95 Å². The van der Waals surface area contributed by atoms with Crippen molar-refractivity contribution in [3.05, 3.63) is 71.7 Å². The normalized spacial score (nSPS) is 10.6. The van der Waals surface area contributed by atoms with E-state index < -0.39 is 0 Å². The lowest BCUT2D eigenvalue weighted by Gasteiger charge is -2.10. The molecule has 0 bridgehead atoms. The van der Waals surface area contributed by atoms with Crippen LogP contribution in [0, 0.1) is 0 Å². The molecule has 162 valence electrons. The molecule has 0 radical (unpaired) electrons. The number of furan rings is 1. The van der Waals surface area contributed by atoms with Crippen molar-refractivity contribution < 1.29 is 9.15 Å². The molecule has 4 aromatic rings. The number of aromatic nitrogens is 4. The number of hydrogen-bond donors (Lipinski definition) is 2. The van der Waals surface area contributed by atoms with E-state index in [4.69, 9.17) is 33.0 Å². The fraction of sp³-hybridized carbons (Fsp3) is 0.0952. The lowest BCUT2D eigenvalue weighted by molar-refractivity contribution is 0.396. The fourth-order valence-corrected chi connectivity index (χ4v) is 3.60. The quantitative estimate of drug-likeness (QED) is 0.215. The van der Waals surface area contributed by atoms with E-state index in [9.17, 15) is 0 Å². The van der Waals surface area contributed by atoms with Gasteiger partial charge in [0, 0.05) is 29.0 Å². The van der Waals surface area contributed by atoms with Gasteiger partial charge in [0.05, 0.1) is 13.7 Å². The predicted octanol–water partition coefficient (Wildman–Crippen LogP) is 4.83. The summed E-state index contributed by atoms with van der Waals surface area (Å²) in [5.74, 6) is 2.16. The van der Waals surface area contributed by atoms with E-state index in [2.05, 4.69) is 30.6 Å². The molecule has 0 fully saturated rings. The molecule has 0 unspecified atom stereocenters. The third-order valence-corrected chi connectivity index (χ3v) is 5.38. The summed E-state index contributed by atoms with van der Waals surface area (Å²) in [6.07, 6.45) is 3.33. The Balaban J connectivity index is 1.37. The predicted molar refractivity (Wildman–Crippen MR) is 127 cm³/mol. The average molecular weight is 485 g/mol. The summed E-state index contributed by atoms with van der Waals surface area (Å²) in [4.78, 5) is 17.1. The third kappa shape index (κ3) is 5.94. The van der Waals surface area contributed by atoms with Gasteiger partial charge in [-0.25, -0.2) is 15.0 Å². The first-order valence-corrected chi connectivity index (χ1v) is 11.0. The van der Waals surface area contributed by atoms with Crippen LogP contribution >= 0.6 is 35.6 Å². The summed E-state index contributed by atoms with van der Waals surface area (Å²) in [5, 5.41) is 8.25. The van der Waals surface area contributed by atoms with Gasteiger partial charge in [0.15, 0.2) is 10.3 Å². The Morgan fingerprint density at radius 2 is 1.91 bits per heavy atom. The smallest absolute Gasteiger partial charge is 0.233 e. The molecule has 3 aromatic heterocycles. The lowest BCUT2D eigenvalue weighted by atomic mass is 10.2. The van der Waals surface area contributed by atoms with Gasteiger partial charge in [0.25, 0.3) is 0 Å². The second kappa shape index (κ2) is 10.4. The second-order valence-electron chi connectivity index (χ2n) is 6.29. The number of nitrogens with one attached hydrogen (secondary N) is 2. The van der Waals surface area contributed by atoms with Gasteiger partial charge in [-0.15, -0.1) is 0 Å². The Morgan fingerprint density at radius 1 is 1.12 bits per heavy atom. The molecule has 4 rings (SSSR count). The molecule has 0 saturated carbocycles. The van der Waals surface area contributed by atoms with Gasteiger partial charge >= 0.3 is 0 Å². The zero-order chi connectivity index (χ0) is 22.3. The van der Waals surface area contributed by atoms with E-state index in [0.29, 0.717) is 38.7 Å². The molecule has 0 atom stereocenters.